The van der Waals surface area contributed by atoms with Crippen LogP contribution in [0.1, 0.15) is 58.6 Å². The van der Waals surface area contributed by atoms with Crippen molar-refractivity contribution >= 4 is 46.1 Å². The molecule has 0 aromatic heterocycles. The van der Waals surface area contributed by atoms with E-state index < -0.39 is 12.2 Å². The third kappa shape index (κ3) is 10.6. The predicted octanol–water partition coefficient (Wildman–Crippen LogP) is 6.29. The summed E-state index contributed by atoms with van der Waals surface area (Å²) in [5.74, 6) is 0.817. The van der Waals surface area contributed by atoms with Gasteiger partial charge in [-0.1, -0.05) is 45.4 Å². The van der Waals surface area contributed by atoms with Crippen LogP contribution in [0.25, 0.3) is 0 Å². The van der Waals surface area contributed by atoms with Crippen molar-refractivity contribution in [2.75, 3.05) is 32.3 Å². The zero-order valence-corrected chi connectivity index (χ0v) is 25.7. The summed E-state index contributed by atoms with van der Waals surface area (Å²) in [7, 11) is 0. The normalized spacial score (nSPS) is 12.9. The van der Waals surface area contributed by atoms with Gasteiger partial charge in [0.2, 0.25) is 0 Å². The molecule has 0 saturated carbocycles. The highest BCUT2D eigenvalue weighted by molar-refractivity contribution is 14.1. The number of unbranched alkanes of at least 4 members (excludes halogenated alkanes) is 1. The summed E-state index contributed by atoms with van der Waals surface area (Å²) < 4.78 is 28.8. The van der Waals surface area contributed by atoms with Gasteiger partial charge in [0.1, 0.15) is 30.8 Å². The van der Waals surface area contributed by atoms with Crippen LogP contribution < -0.4 is 9.47 Å². The predicted molar refractivity (Wildman–Crippen MR) is 156 cm³/mol. The van der Waals surface area contributed by atoms with Crippen molar-refractivity contribution < 1.29 is 33.3 Å². The highest BCUT2D eigenvalue weighted by atomic mass is 127. The first-order chi connectivity index (χ1) is 18.1. The molecule has 2 aromatic carbocycles. The fourth-order valence-corrected chi connectivity index (χ4v) is 4.49. The number of carbonyl (C=O) groups is 2. The van der Waals surface area contributed by atoms with Gasteiger partial charge in [0.05, 0.1) is 16.1 Å². The summed E-state index contributed by atoms with van der Waals surface area (Å²) in [4.78, 5) is 22.6. The van der Waals surface area contributed by atoms with E-state index in [-0.39, 0.29) is 36.4 Å². The molecule has 0 fully saturated rings. The quantitative estimate of drug-likeness (QED) is 0.0906. The number of benzene rings is 2. The van der Waals surface area contributed by atoms with E-state index in [1.807, 2.05) is 36.4 Å². The van der Waals surface area contributed by atoms with Gasteiger partial charge in [-0.15, -0.1) is 11.6 Å². The van der Waals surface area contributed by atoms with Crippen molar-refractivity contribution in [2.24, 2.45) is 0 Å². The molecule has 2 atom stereocenters. The molecule has 0 aliphatic carbocycles. The number of hydrogen-bond donors (Lipinski definition) is 0. The maximum Gasteiger partial charge on any atom is 0.303 e. The van der Waals surface area contributed by atoms with Crippen LogP contribution in [0, 0.1) is 3.57 Å². The minimum atomic E-state index is -0.500. The molecule has 2 aromatic rings. The van der Waals surface area contributed by atoms with Gasteiger partial charge in [-0.3, -0.25) is 9.59 Å². The molecule has 0 bridgehead atoms. The molecular formula is C29H38ClIO7. The molecule has 0 amide bonds. The molecule has 210 valence electrons. The standard InChI is InChI=1S/C29H38ClIO7/c1-6-7-14-34-17-26(38-21(3)33)19-35-24-11-8-22(9-12-24)29(4,5)23-10-13-28(27(31)15-23)36-18-25(16-30)37-20(2)32/h8-13,15,25-26H,6-7,14,16-19H2,1-5H3. The van der Waals surface area contributed by atoms with Crippen LogP contribution in [-0.4, -0.2) is 56.5 Å². The molecule has 0 aliphatic heterocycles. The lowest BCUT2D eigenvalue weighted by Crippen LogP contribution is -2.29. The van der Waals surface area contributed by atoms with Crippen LogP contribution in [0.2, 0.25) is 0 Å². The van der Waals surface area contributed by atoms with Crippen molar-refractivity contribution in [1.29, 1.82) is 0 Å². The van der Waals surface area contributed by atoms with Crippen LogP contribution in [-0.2, 0) is 29.2 Å². The lowest BCUT2D eigenvalue weighted by atomic mass is 9.78. The third-order valence-electron chi connectivity index (χ3n) is 5.87. The minimum absolute atomic E-state index is 0.165. The lowest BCUT2D eigenvalue weighted by Gasteiger charge is -2.27. The van der Waals surface area contributed by atoms with Gasteiger partial charge in [0.15, 0.2) is 6.10 Å². The monoisotopic (exact) mass is 660 g/mol. The number of ether oxygens (including phenoxy) is 5. The third-order valence-corrected chi connectivity index (χ3v) is 7.06. The summed E-state index contributed by atoms with van der Waals surface area (Å²) in [6.07, 6.45) is 1.04. The minimum Gasteiger partial charge on any atom is -0.490 e. The fourth-order valence-electron chi connectivity index (χ4n) is 3.67. The Hall–Kier alpha value is -2.04. The summed E-state index contributed by atoms with van der Waals surface area (Å²) >= 11 is 8.12. The molecule has 0 heterocycles. The lowest BCUT2D eigenvalue weighted by molar-refractivity contribution is -0.151. The Morgan fingerprint density at radius 1 is 0.895 bits per heavy atom. The topological polar surface area (TPSA) is 80.3 Å². The number of alkyl halides is 1. The van der Waals surface area contributed by atoms with Gasteiger partial charge < -0.3 is 23.7 Å². The fraction of sp³-hybridized carbons (Fsp3) is 0.517. The van der Waals surface area contributed by atoms with E-state index in [9.17, 15) is 9.59 Å². The SMILES string of the molecule is CCCCOCC(COc1ccc(C(C)(C)c2ccc(OCC(CCl)OC(C)=O)c(I)c2)cc1)OC(C)=O. The van der Waals surface area contributed by atoms with Crippen LogP contribution in [0.4, 0.5) is 0 Å². The Kier molecular flexibility index (Phi) is 13.7. The smallest absolute Gasteiger partial charge is 0.303 e. The maximum absolute atomic E-state index is 11.4. The highest BCUT2D eigenvalue weighted by Crippen LogP contribution is 2.35. The molecular weight excluding hydrogens is 623 g/mol. The molecule has 0 N–H and O–H groups in total. The first kappa shape index (κ1) is 32.2. The Morgan fingerprint density at radius 3 is 2.08 bits per heavy atom. The maximum atomic E-state index is 11.4. The van der Waals surface area contributed by atoms with E-state index in [2.05, 4.69) is 49.4 Å². The van der Waals surface area contributed by atoms with Crippen molar-refractivity contribution in [2.45, 2.75) is 65.1 Å². The first-order valence-corrected chi connectivity index (χ1v) is 14.3. The van der Waals surface area contributed by atoms with Gasteiger partial charge in [0, 0.05) is 25.9 Å². The van der Waals surface area contributed by atoms with E-state index in [0.29, 0.717) is 24.7 Å². The summed E-state index contributed by atoms with van der Waals surface area (Å²) in [6, 6.07) is 14.0. The number of esters is 2. The number of halogens is 2. The van der Waals surface area contributed by atoms with Crippen LogP contribution in [0.15, 0.2) is 42.5 Å². The van der Waals surface area contributed by atoms with E-state index in [4.69, 9.17) is 35.3 Å². The molecule has 2 rings (SSSR count). The van der Waals surface area contributed by atoms with Crippen molar-refractivity contribution in [1.82, 2.24) is 0 Å². The zero-order valence-electron chi connectivity index (χ0n) is 22.8. The average Bonchev–Trinajstić information content (AvgIpc) is 2.87. The van der Waals surface area contributed by atoms with E-state index in [1.165, 1.54) is 13.8 Å². The molecule has 0 spiro atoms. The Morgan fingerprint density at radius 2 is 1.50 bits per heavy atom. The number of hydrogen-bond acceptors (Lipinski definition) is 7. The summed E-state index contributed by atoms with van der Waals surface area (Å²) in [5.41, 5.74) is 1.96. The second-order valence-electron chi connectivity index (χ2n) is 9.46. The molecule has 9 heteroatoms. The number of carbonyl (C=O) groups excluding carboxylic acids is 2. The Balaban J connectivity index is 2.02. The molecule has 2 unspecified atom stereocenters. The number of rotatable bonds is 16. The van der Waals surface area contributed by atoms with Gasteiger partial charge in [0.25, 0.3) is 0 Å². The molecule has 38 heavy (non-hydrogen) atoms. The molecule has 7 nitrogen and oxygen atoms in total. The van der Waals surface area contributed by atoms with Crippen LogP contribution >= 0.6 is 34.2 Å². The van der Waals surface area contributed by atoms with Gasteiger partial charge in [-0.2, -0.15) is 0 Å². The van der Waals surface area contributed by atoms with Crippen LogP contribution in [0.5, 0.6) is 11.5 Å². The van der Waals surface area contributed by atoms with Gasteiger partial charge in [-0.25, -0.2) is 0 Å². The van der Waals surface area contributed by atoms with Gasteiger partial charge >= 0.3 is 11.9 Å². The Bertz CT molecular complexity index is 1030. The van der Waals surface area contributed by atoms with Gasteiger partial charge in [-0.05, 0) is 64.4 Å². The van der Waals surface area contributed by atoms with Crippen molar-refractivity contribution in [3.8, 4) is 11.5 Å². The first-order valence-electron chi connectivity index (χ1n) is 12.7. The summed E-state index contributed by atoms with van der Waals surface area (Å²) in [5, 5.41) is 0. The molecule has 0 radical (unpaired) electrons. The van der Waals surface area contributed by atoms with Crippen molar-refractivity contribution in [3.05, 3.63) is 57.2 Å². The van der Waals surface area contributed by atoms with E-state index in [0.717, 1.165) is 27.5 Å². The second kappa shape index (κ2) is 16.2. The molecule has 0 saturated heterocycles. The van der Waals surface area contributed by atoms with E-state index in [1.54, 1.807) is 0 Å². The molecule has 0 aliphatic rings. The average molecular weight is 661 g/mol. The second-order valence-corrected chi connectivity index (χ2v) is 10.9. The van der Waals surface area contributed by atoms with Crippen molar-refractivity contribution in [3.63, 3.8) is 0 Å². The highest BCUT2D eigenvalue weighted by Gasteiger charge is 2.24. The van der Waals surface area contributed by atoms with E-state index >= 15 is 0 Å². The summed E-state index contributed by atoms with van der Waals surface area (Å²) in [6.45, 7) is 10.5. The van der Waals surface area contributed by atoms with Crippen LogP contribution in [0.3, 0.4) is 0 Å². The zero-order chi connectivity index (χ0) is 28.1. The Labute approximate surface area is 244 Å². The largest absolute Gasteiger partial charge is 0.490 e.